The zero-order chi connectivity index (χ0) is 20.7. The molecule has 148 valence electrons. The number of rotatable bonds is 8. The van der Waals surface area contributed by atoms with Crippen LogP contribution in [0.15, 0.2) is 42.1 Å². The van der Waals surface area contributed by atoms with E-state index in [1.807, 2.05) is 19.1 Å². The Hall–Kier alpha value is -2.26. The number of carboxylic acids is 1. The van der Waals surface area contributed by atoms with Crippen molar-refractivity contribution in [3.05, 3.63) is 61.8 Å². The fourth-order valence-electron chi connectivity index (χ4n) is 2.32. The third kappa shape index (κ3) is 6.42. The molecule has 2 aromatic carbocycles. The molecular weight excluding hydrogens is 497 g/mol. The Morgan fingerprint density at radius 1 is 1.21 bits per heavy atom. The third-order valence-electron chi connectivity index (χ3n) is 3.48. The molecule has 8 heteroatoms. The Morgan fingerprint density at radius 2 is 1.89 bits per heavy atom. The van der Waals surface area contributed by atoms with Gasteiger partial charge in [0, 0.05) is 11.9 Å². The molecule has 0 aliphatic heterocycles. The zero-order valence-corrected chi connectivity index (χ0v) is 18.2. The number of carboxylic acid groups (broad SMARTS) is 1. The van der Waals surface area contributed by atoms with E-state index in [2.05, 4.69) is 27.9 Å². The standard InChI is InChI=1S/C20H19ClINO5/c1-3-27-18-10-14(9-17(20(25)26)23-12(2)24)8-16(22)19(18)28-11-13-4-6-15(21)7-5-13/h4-10H,3,11H2,1-2H3,(H,23,24)(H,25,26)/b17-9+. The van der Waals surface area contributed by atoms with Gasteiger partial charge in [-0.05, 0) is 71.0 Å². The van der Waals surface area contributed by atoms with Gasteiger partial charge in [0.15, 0.2) is 11.5 Å². The van der Waals surface area contributed by atoms with Gasteiger partial charge >= 0.3 is 5.97 Å². The average molecular weight is 516 g/mol. The van der Waals surface area contributed by atoms with Crippen LogP contribution in [-0.4, -0.2) is 23.6 Å². The highest BCUT2D eigenvalue weighted by molar-refractivity contribution is 14.1. The van der Waals surface area contributed by atoms with Gasteiger partial charge < -0.3 is 19.9 Å². The second-order valence-corrected chi connectivity index (χ2v) is 7.32. The van der Waals surface area contributed by atoms with Crippen molar-refractivity contribution in [2.75, 3.05) is 6.61 Å². The van der Waals surface area contributed by atoms with Crippen molar-refractivity contribution < 1.29 is 24.2 Å². The highest BCUT2D eigenvalue weighted by atomic mass is 127. The second kappa shape index (κ2) is 10.3. The van der Waals surface area contributed by atoms with Gasteiger partial charge in [0.05, 0.1) is 10.2 Å². The minimum absolute atomic E-state index is 0.222. The average Bonchev–Trinajstić information content (AvgIpc) is 2.62. The van der Waals surface area contributed by atoms with Crippen molar-refractivity contribution in [1.82, 2.24) is 5.32 Å². The molecule has 1 amide bonds. The number of ether oxygens (including phenoxy) is 2. The smallest absolute Gasteiger partial charge is 0.352 e. The largest absolute Gasteiger partial charge is 0.490 e. The van der Waals surface area contributed by atoms with E-state index in [-0.39, 0.29) is 5.70 Å². The Labute approximate surface area is 181 Å². The van der Waals surface area contributed by atoms with Crippen molar-refractivity contribution >= 4 is 52.1 Å². The summed E-state index contributed by atoms with van der Waals surface area (Å²) in [7, 11) is 0. The molecule has 0 aromatic heterocycles. The molecule has 2 aromatic rings. The lowest BCUT2D eigenvalue weighted by Crippen LogP contribution is -2.24. The highest BCUT2D eigenvalue weighted by Crippen LogP contribution is 2.35. The van der Waals surface area contributed by atoms with Crippen LogP contribution in [0.5, 0.6) is 11.5 Å². The highest BCUT2D eigenvalue weighted by Gasteiger charge is 2.14. The van der Waals surface area contributed by atoms with Crippen LogP contribution in [0.25, 0.3) is 6.08 Å². The maximum absolute atomic E-state index is 11.3. The number of aliphatic carboxylic acids is 1. The van der Waals surface area contributed by atoms with Crippen LogP contribution >= 0.6 is 34.2 Å². The van der Waals surface area contributed by atoms with E-state index < -0.39 is 11.9 Å². The minimum atomic E-state index is -1.23. The number of nitrogens with one attached hydrogen (secondary N) is 1. The van der Waals surface area contributed by atoms with Crippen molar-refractivity contribution in [3.63, 3.8) is 0 Å². The van der Waals surface area contributed by atoms with Crippen LogP contribution in [0.2, 0.25) is 5.02 Å². The summed E-state index contributed by atoms with van der Waals surface area (Å²) >= 11 is 8.00. The normalized spacial score (nSPS) is 11.1. The van der Waals surface area contributed by atoms with Crippen molar-refractivity contribution in [2.24, 2.45) is 0 Å². The monoisotopic (exact) mass is 515 g/mol. The summed E-state index contributed by atoms with van der Waals surface area (Å²) in [5.41, 5.74) is 1.30. The molecule has 0 bridgehead atoms. The van der Waals surface area contributed by atoms with Crippen LogP contribution in [0.4, 0.5) is 0 Å². The van der Waals surface area contributed by atoms with E-state index in [1.165, 1.54) is 13.0 Å². The molecule has 0 atom stereocenters. The summed E-state index contributed by atoms with van der Waals surface area (Å²) in [5, 5.41) is 12.2. The number of halogens is 2. The van der Waals surface area contributed by atoms with E-state index in [0.717, 1.165) is 9.13 Å². The quantitative estimate of drug-likeness (QED) is 0.400. The van der Waals surface area contributed by atoms with Gasteiger partial charge in [-0.1, -0.05) is 23.7 Å². The molecular formula is C20H19ClINO5. The van der Waals surface area contributed by atoms with E-state index in [9.17, 15) is 14.7 Å². The molecule has 0 spiro atoms. The summed E-state index contributed by atoms with van der Waals surface area (Å²) < 4.78 is 12.4. The summed E-state index contributed by atoms with van der Waals surface area (Å²) in [5.74, 6) is -0.643. The van der Waals surface area contributed by atoms with E-state index in [0.29, 0.717) is 35.3 Å². The zero-order valence-electron chi connectivity index (χ0n) is 15.3. The van der Waals surface area contributed by atoms with Gasteiger partial charge in [-0.25, -0.2) is 4.79 Å². The first kappa shape index (κ1) is 22.0. The van der Waals surface area contributed by atoms with Gasteiger partial charge in [0.2, 0.25) is 5.91 Å². The Kier molecular flexibility index (Phi) is 8.13. The van der Waals surface area contributed by atoms with Crippen LogP contribution in [0.3, 0.4) is 0 Å². The summed E-state index contributed by atoms with van der Waals surface area (Å²) in [6.07, 6.45) is 1.37. The number of benzene rings is 2. The molecule has 28 heavy (non-hydrogen) atoms. The molecule has 2 rings (SSSR count). The SMILES string of the molecule is CCOc1cc(/C=C(/NC(C)=O)C(=O)O)cc(I)c1OCc1ccc(Cl)cc1. The topological polar surface area (TPSA) is 84.9 Å². The molecule has 6 nitrogen and oxygen atoms in total. The Balaban J connectivity index is 2.33. The van der Waals surface area contributed by atoms with Gasteiger partial charge in [-0.2, -0.15) is 0 Å². The van der Waals surface area contributed by atoms with Gasteiger partial charge in [-0.15, -0.1) is 0 Å². The molecule has 0 unspecified atom stereocenters. The lowest BCUT2D eigenvalue weighted by molar-refractivity contribution is -0.134. The Bertz CT molecular complexity index is 896. The van der Waals surface area contributed by atoms with Crippen molar-refractivity contribution in [1.29, 1.82) is 0 Å². The molecule has 2 N–H and O–H groups in total. The predicted molar refractivity (Wildman–Crippen MR) is 116 cm³/mol. The molecule has 0 radical (unpaired) electrons. The summed E-state index contributed by atoms with van der Waals surface area (Å²) in [4.78, 5) is 22.5. The minimum Gasteiger partial charge on any atom is -0.490 e. The summed E-state index contributed by atoms with van der Waals surface area (Å²) in [6.45, 7) is 3.84. The molecule has 0 saturated heterocycles. The summed E-state index contributed by atoms with van der Waals surface area (Å²) in [6, 6.07) is 10.8. The number of hydrogen-bond acceptors (Lipinski definition) is 4. The van der Waals surface area contributed by atoms with E-state index in [1.54, 1.807) is 24.3 Å². The maximum atomic E-state index is 11.3. The van der Waals surface area contributed by atoms with E-state index in [4.69, 9.17) is 21.1 Å². The number of carbonyl (C=O) groups excluding carboxylic acids is 1. The first-order chi connectivity index (χ1) is 13.3. The Morgan fingerprint density at radius 3 is 2.46 bits per heavy atom. The third-order valence-corrected chi connectivity index (χ3v) is 4.53. The molecule has 0 aliphatic rings. The number of carbonyl (C=O) groups is 2. The van der Waals surface area contributed by atoms with Crippen molar-refractivity contribution in [2.45, 2.75) is 20.5 Å². The van der Waals surface area contributed by atoms with Gasteiger partial charge in [0.25, 0.3) is 0 Å². The van der Waals surface area contributed by atoms with Gasteiger partial charge in [0.1, 0.15) is 12.3 Å². The molecule has 0 aliphatic carbocycles. The molecule has 0 saturated carbocycles. The van der Waals surface area contributed by atoms with Crippen molar-refractivity contribution in [3.8, 4) is 11.5 Å². The number of amides is 1. The van der Waals surface area contributed by atoms with Crippen LogP contribution < -0.4 is 14.8 Å². The fraction of sp³-hybridized carbons (Fsp3) is 0.200. The van der Waals surface area contributed by atoms with E-state index >= 15 is 0 Å². The van der Waals surface area contributed by atoms with Crippen LogP contribution in [0, 0.1) is 3.57 Å². The van der Waals surface area contributed by atoms with Crippen LogP contribution in [-0.2, 0) is 16.2 Å². The lowest BCUT2D eigenvalue weighted by atomic mass is 10.1. The molecule has 0 heterocycles. The number of hydrogen-bond donors (Lipinski definition) is 2. The predicted octanol–water partition coefficient (Wildman–Crippen LogP) is 4.48. The molecule has 0 fully saturated rings. The second-order valence-electron chi connectivity index (χ2n) is 5.72. The van der Waals surface area contributed by atoms with Crippen LogP contribution in [0.1, 0.15) is 25.0 Å². The maximum Gasteiger partial charge on any atom is 0.352 e. The first-order valence-electron chi connectivity index (χ1n) is 8.36. The fourth-order valence-corrected chi connectivity index (χ4v) is 3.23. The van der Waals surface area contributed by atoms with Gasteiger partial charge in [-0.3, -0.25) is 4.79 Å². The first-order valence-corrected chi connectivity index (χ1v) is 9.82. The lowest BCUT2D eigenvalue weighted by Gasteiger charge is -2.15.